The monoisotopic (exact) mass is 239 g/mol. The van der Waals surface area contributed by atoms with E-state index in [1.54, 1.807) is 6.07 Å². The molecule has 0 bridgehead atoms. The molecule has 0 fully saturated rings. The van der Waals surface area contributed by atoms with Crippen molar-refractivity contribution in [1.29, 1.82) is 0 Å². The smallest absolute Gasteiger partial charge is 0.144 e. The number of nitrogens with zero attached hydrogens (tertiary/aromatic N) is 1. The highest BCUT2D eigenvalue weighted by atomic mass is 35.5. The summed E-state index contributed by atoms with van der Waals surface area (Å²) in [6.07, 6.45) is 2.44. The summed E-state index contributed by atoms with van der Waals surface area (Å²) >= 11 is 5.99. The highest BCUT2D eigenvalue weighted by Gasteiger charge is 2.16. The van der Waals surface area contributed by atoms with Crippen LogP contribution in [0.4, 0.5) is 0 Å². The number of aryl methyl sites for hydroxylation is 2. The molecule has 1 aromatic heterocycles. The lowest BCUT2D eigenvalue weighted by molar-refractivity contribution is 0.394. The summed E-state index contributed by atoms with van der Waals surface area (Å²) in [4.78, 5) is 0. The van der Waals surface area contributed by atoms with Crippen LogP contribution in [0.3, 0.4) is 0 Å². The van der Waals surface area contributed by atoms with Gasteiger partial charge in [-0.25, -0.2) is 0 Å². The summed E-state index contributed by atoms with van der Waals surface area (Å²) in [5.74, 6) is 0.946. The summed E-state index contributed by atoms with van der Waals surface area (Å²) in [5.41, 5.74) is 1.52. The largest absolute Gasteiger partial charge is 0.506 e. The Bertz CT molecular complexity index is 519. The predicted molar refractivity (Wildman–Crippen MR) is 64.1 cm³/mol. The summed E-state index contributed by atoms with van der Waals surface area (Å²) in [6, 6.07) is 1.72. The topological polar surface area (TPSA) is 46.3 Å². The Kier molecular flexibility index (Phi) is 3.06. The Morgan fingerprint density at radius 1 is 1.44 bits per heavy atom. The van der Waals surface area contributed by atoms with Crippen molar-refractivity contribution in [1.82, 2.24) is 5.16 Å². The zero-order chi connectivity index (χ0) is 11.7. The molecule has 2 aromatic rings. The van der Waals surface area contributed by atoms with E-state index in [1.165, 1.54) is 0 Å². The average Bonchev–Trinajstić information content (AvgIpc) is 2.67. The van der Waals surface area contributed by atoms with Crippen LogP contribution >= 0.6 is 11.6 Å². The third-order valence-electron chi connectivity index (χ3n) is 2.69. The first-order valence-corrected chi connectivity index (χ1v) is 5.85. The van der Waals surface area contributed by atoms with Gasteiger partial charge in [0.15, 0.2) is 0 Å². The molecule has 4 heteroatoms. The van der Waals surface area contributed by atoms with Gasteiger partial charge >= 0.3 is 0 Å². The van der Waals surface area contributed by atoms with Crippen LogP contribution in [0.25, 0.3) is 10.9 Å². The van der Waals surface area contributed by atoms with Gasteiger partial charge in [0.25, 0.3) is 0 Å². The molecule has 0 radical (unpaired) electrons. The normalized spacial score (nSPS) is 11.2. The predicted octanol–water partition coefficient (Wildman–Crippen LogP) is 3.70. The van der Waals surface area contributed by atoms with Crippen molar-refractivity contribution in [2.24, 2.45) is 0 Å². The van der Waals surface area contributed by atoms with Crippen LogP contribution in [0.5, 0.6) is 5.75 Å². The van der Waals surface area contributed by atoms with Gasteiger partial charge in [-0.3, -0.25) is 0 Å². The molecular weight excluding hydrogens is 226 g/mol. The van der Waals surface area contributed by atoms with Crippen LogP contribution in [-0.4, -0.2) is 10.3 Å². The Labute approximate surface area is 99.0 Å². The second-order valence-corrected chi connectivity index (χ2v) is 4.20. The molecule has 1 aromatic carbocycles. The van der Waals surface area contributed by atoms with Crippen LogP contribution in [0.1, 0.15) is 31.6 Å². The third kappa shape index (κ3) is 1.65. The first-order valence-electron chi connectivity index (χ1n) is 5.47. The number of aromatic hydroxyl groups is 1. The molecule has 1 N–H and O–H groups in total. The van der Waals surface area contributed by atoms with E-state index in [0.29, 0.717) is 5.02 Å². The summed E-state index contributed by atoms with van der Waals surface area (Å²) in [7, 11) is 0. The van der Waals surface area contributed by atoms with Gasteiger partial charge in [-0.15, -0.1) is 0 Å². The molecule has 0 amide bonds. The van der Waals surface area contributed by atoms with Gasteiger partial charge < -0.3 is 9.63 Å². The number of hydrogen-bond donors (Lipinski definition) is 1. The number of hydrogen-bond acceptors (Lipinski definition) is 3. The molecule has 0 aliphatic carbocycles. The SMILES string of the molecule is CCCc1c(O)c(Cl)cc2c(CC)onc12. The fourth-order valence-electron chi connectivity index (χ4n) is 1.89. The molecule has 0 aliphatic heterocycles. The maximum atomic E-state index is 9.90. The minimum absolute atomic E-state index is 0.131. The van der Waals surface area contributed by atoms with E-state index in [1.807, 2.05) is 13.8 Å². The van der Waals surface area contributed by atoms with Crippen LogP contribution in [0.15, 0.2) is 10.6 Å². The molecule has 0 aliphatic rings. The second-order valence-electron chi connectivity index (χ2n) is 3.79. The second kappa shape index (κ2) is 4.34. The Morgan fingerprint density at radius 3 is 2.81 bits per heavy atom. The van der Waals surface area contributed by atoms with Crippen molar-refractivity contribution < 1.29 is 9.63 Å². The quantitative estimate of drug-likeness (QED) is 0.888. The van der Waals surface area contributed by atoms with Crippen LogP contribution in [0, 0.1) is 0 Å². The number of aromatic nitrogens is 1. The van der Waals surface area contributed by atoms with Gasteiger partial charge in [0.1, 0.15) is 17.0 Å². The number of halogens is 1. The molecule has 0 spiro atoms. The Hall–Kier alpha value is -1.22. The number of rotatable bonds is 3. The van der Waals surface area contributed by atoms with E-state index in [-0.39, 0.29) is 5.75 Å². The Morgan fingerprint density at radius 2 is 2.19 bits per heavy atom. The molecule has 0 saturated heterocycles. The van der Waals surface area contributed by atoms with Gasteiger partial charge in [0.2, 0.25) is 0 Å². The molecule has 2 rings (SSSR count). The summed E-state index contributed by atoms with van der Waals surface area (Å²) in [6.45, 7) is 4.05. The molecule has 0 saturated carbocycles. The van der Waals surface area contributed by atoms with E-state index in [9.17, 15) is 5.11 Å². The van der Waals surface area contributed by atoms with E-state index in [4.69, 9.17) is 16.1 Å². The van der Waals surface area contributed by atoms with Crippen molar-refractivity contribution in [3.8, 4) is 5.75 Å². The highest BCUT2D eigenvalue weighted by molar-refractivity contribution is 6.33. The fourth-order valence-corrected chi connectivity index (χ4v) is 2.11. The minimum Gasteiger partial charge on any atom is -0.506 e. The van der Waals surface area contributed by atoms with Crippen LogP contribution in [0.2, 0.25) is 5.02 Å². The molecular formula is C12H14ClNO2. The summed E-state index contributed by atoms with van der Waals surface area (Å²) < 4.78 is 5.24. The molecule has 1 heterocycles. The van der Waals surface area contributed by atoms with E-state index in [0.717, 1.165) is 41.5 Å². The molecule has 3 nitrogen and oxygen atoms in total. The lowest BCUT2D eigenvalue weighted by Gasteiger charge is -2.05. The number of benzene rings is 1. The van der Waals surface area contributed by atoms with E-state index in [2.05, 4.69) is 5.16 Å². The lowest BCUT2D eigenvalue weighted by Crippen LogP contribution is -1.88. The third-order valence-corrected chi connectivity index (χ3v) is 2.98. The molecule has 0 unspecified atom stereocenters. The zero-order valence-electron chi connectivity index (χ0n) is 9.38. The maximum absolute atomic E-state index is 9.90. The molecule has 86 valence electrons. The van der Waals surface area contributed by atoms with Gasteiger partial charge in [0, 0.05) is 17.4 Å². The standard InChI is InChI=1S/C12H14ClNO2/c1-3-5-7-11-8(6-9(13)12(7)15)10(4-2)16-14-11/h6,15H,3-5H2,1-2H3. The Balaban J connectivity index is 2.74. The van der Waals surface area contributed by atoms with Crippen molar-refractivity contribution >= 4 is 22.5 Å². The van der Waals surface area contributed by atoms with Gasteiger partial charge in [-0.05, 0) is 12.5 Å². The molecule has 16 heavy (non-hydrogen) atoms. The van der Waals surface area contributed by atoms with Crippen LogP contribution in [-0.2, 0) is 12.8 Å². The van der Waals surface area contributed by atoms with Crippen LogP contribution < -0.4 is 0 Å². The van der Waals surface area contributed by atoms with Crippen molar-refractivity contribution in [2.75, 3.05) is 0 Å². The van der Waals surface area contributed by atoms with Gasteiger partial charge in [-0.2, -0.15) is 0 Å². The minimum atomic E-state index is 0.131. The number of phenols is 1. The fraction of sp³-hybridized carbons (Fsp3) is 0.417. The van der Waals surface area contributed by atoms with Crippen molar-refractivity contribution in [3.05, 3.63) is 22.4 Å². The number of fused-ring (bicyclic) bond motifs is 1. The van der Waals surface area contributed by atoms with Gasteiger partial charge in [-0.1, -0.05) is 37.0 Å². The zero-order valence-corrected chi connectivity index (χ0v) is 10.1. The molecule has 0 atom stereocenters. The first-order chi connectivity index (χ1) is 7.69. The highest BCUT2D eigenvalue weighted by Crippen LogP contribution is 2.36. The number of phenolic OH excluding ortho intramolecular Hbond substituents is 1. The lowest BCUT2D eigenvalue weighted by atomic mass is 10.0. The first kappa shape index (κ1) is 11.3. The summed E-state index contributed by atoms with van der Waals surface area (Å²) in [5, 5.41) is 15.2. The van der Waals surface area contributed by atoms with Gasteiger partial charge in [0.05, 0.1) is 5.02 Å². The maximum Gasteiger partial charge on any atom is 0.144 e. The van der Waals surface area contributed by atoms with E-state index >= 15 is 0 Å². The average molecular weight is 240 g/mol. The van der Waals surface area contributed by atoms with Crippen molar-refractivity contribution in [2.45, 2.75) is 33.1 Å². The van der Waals surface area contributed by atoms with Crippen molar-refractivity contribution in [3.63, 3.8) is 0 Å². The van der Waals surface area contributed by atoms with E-state index < -0.39 is 0 Å².